The van der Waals surface area contributed by atoms with E-state index in [0.29, 0.717) is 31.2 Å². The topological polar surface area (TPSA) is 115 Å². The molecule has 0 saturated carbocycles. The van der Waals surface area contributed by atoms with Gasteiger partial charge in [0, 0.05) is 25.7 Å². The number of hydrogen-bond donors (Lipinski definition) is 2. The van der Waals surface area contributed by atoms with Crippen molar-refractivity contribution in [3.63, 3.8) is 0 Å². The van der Waals surface area contributed by atoms with Crippen LogP contribution in [0, 0.1) is 0 Å². The normalized spacial score (nSPS) is 15.1. The van der Waals surface area contributed by atoms with E-state index in [0.717, 1.165) is 23.3 Å². The summed E-state index contributed by atoms with van der Waals surface area (Å²) in [6.45, 7) is 8.27. The van der Waals surface area contributed by atoms with Crippen LogP contribution in [0.25, 0.3) is 5.65 Å². The van der Waals surface area contributed by atoms with Gasteiger partial charge >= 0.3 is 12.1 Å². The van der Waals surface area contributed by atoms with Gasteiger partial charge in [0.25, 0.3) is 0 Å². The maximum atomic E-state index is 12.2. The fraction of sp³-hybridized carbons (Fsp3) is 0.520. The van der Waals surface area contributed by atoms with Gasteiger partial charge in [-0.15, -0.1) is 0 Å². The summed E-state index contributed by atoms with van der Waals surface area (Å²) in [5.41, 5.74) is 2.76. The van der Waals surface area contributed by atoms with Gasteiger partial charge in [-0.1, -0.05) is 26.0 Å². The lowest BCUT2D eigenvalue weighted by Gasteiger charge is -2.28. The minimum Gasteiger partial charge on any atom is -0.497 e. The summed E-state index contributed by atoms with van der Waals surface area (Å²) < 4.78 is 18.4. The zero-order valence-electron chi connectivity index (χ0n) is 21.5. The van der Waals surface area contributed by atoms with Crippen LogP contribution in [0.2, 0.25) is 0 Å². The second-order valence-electron chi connectivity index (χ2n) is 9.05. The molecule has 3 aromatic rings. The molecular formula is C25H35N7O4. The van der Waals surface area contributed by atoms with Gasteiger partial charge < -0.3 is 29.7 Å². The van der Waals surface area contributed by atoms with Crippen LogP contribution in [0.3, 0.4) is 0 Å². The Morgan fingerprint density at radius 3 is 2.81 bits per heavy atom. The van der Waals surface area contributed by atoms with Crippen molar-refractivity contribution < 1.29 is 19.0 Å². The van der Waals surface area contributed by atoms with Crippen LogP contribution >= 0.6 is 0 Å². The number of methoxy groups -OCH3 is 1. The molecule has 1 saturated heterocycles. The maximum Gasteiger partial charge on any atom is 0.409 e. The largest absolute Gasteiger partial charge is 0.497 e. The Morgan fingerprint density at radius 1 is 1.31 bits per heavy atom. The van der Waals surface area contributed by atoms with E-state index in [9.17, 15) is 4.79 Å². The Labute approximate surface area is 211 Å². The number of benzene rings is 1. The van der Waals surface area contributed by atoms with Crippen molar-refractivity contribution in [1.29, 1.82) is 0 Å². The van der Waals surface area contributed by atoms with Gasteiger partial charge in [-0.25, -0.2) is 4.79 Å². The monoisotopic (exact) mass is 497 g/mol. The number of ether oxygens (including phenoxy) is 3. The number of aromatic nitrogens is 4. The van der Waals surface area contributed by atoms with Gasteiger partial charge in [0.05, 0.1) is 25.9 Å². The quantitative estimate of drug-likeness (QED) is 0.412. The molecule has 3 heterocycles. The van der Waals surface area contributed by atoms with Crippen LogP contribution in [-0.2, 0) is 4.74 Å². The molecule has 0 bridgehead atoms. The molecular weight excluding hydrogens is 462 g/mol. The van der Waals surface area contributed by atoms with E-state index in [1.54, 1.807) is 18.7 Å². The van der Waals surface area contributed by atoms with Crippen molar-refractivity contribution in [3.8, 4) is 11.8 Å². The first-order valence-electron chi connectivity index (χ1n) is 12.3. The Morgan fingerprint density at radius 2 is 2.11 bits per heavy atom. The van der Waals surface area contributed by atoms with Crippen molar-refractivity contribution in [1.82, 2.24) is 29.8 Å². The number of rotatable bonds is 11. The number of anilines is 1. The van der Waals surface area contributed by atoms with Gasteiger partial charge in [-0.3, -0.25) is 0 Å². The van der Waals surface area contributed by atoms with E-state index >= 15 is 0 Å². The van der Waals surface area contributed by atoms with Crippen LogP contribution in [0.5, 0.6) is 11.8 Å². The number of carbonyl (C=O) groups is 1. The number of likely N-dealkylation sites (N-methyl/N-ethyl adjacent to an activating group) is 1. The summed E-state index contributed by atoms with van der Waals surface area (Å²) in [7, 11) is 3.33. The van der Waals surface area contributed by atoms with Crippen LogP contribution in [0.1, 0.15) is 50.3 Å². The number of fused-ring (bicyclic) bond motifs is 1. The van der Waals surface area contributed by atoms with Gasteiger partial charge in [0.2, 0.25) is 5.95 Å². The van der Waals surface area contributed by atoms with E-state index in [1.165, 1.54) is 4.90 Å². The standard InChI is InChI=1S/C25H35N7O4/c1-6-16(2)21-15-27-32-22(21)29-24(35-11-10-31(4)25(33)36-20-13-26-14-20)30-23(32)28-17(3)18-8-7-9-19(12-18)34-5/h7-9,12,15-17,20,26H,6,10-11,13-14H2,1-5H3,(H,28,29,30)/t16?,17-/m0/s1. The number of carbonyl (C=O) groups excluding carboxylic acids is 1. The van der Waals surface area contributed by atoms with Crippen molar-refractivity contribution in [2.75, 3.05) is 45.7 Å². The number of hydrogen-bond acceptors (Lipinski definition) is 9. The lowest BCUT2D eigenvalue weighted by molar-refractivity contribution is 0.0416. The molecule has 1 unspecified atom stereocenters. The third-order valence-electron chi connectivity index (χ3n) is 6.44. The number of nitrogens with one attached hydrogen (secondary N) is 2. The van der Waals surface area contributed by atoms with E-state index in [1.807, 2.05) is 37.4 Å². The van der Waals surface area contributed by atoms with Crippen molar-refractivity contribution in [2.24, 2.45) is 0 Å². The van der Waals surface area contributed by atoms with Crippen LogP contribution in [0.4, 0.5) is 10.7 Å². The third-order valence-corrected chi connectivity index (χ3v) is 6.44. The molecule has 1 aliphatic rings. The molecule has 2 atom stereocenters. The van der Waals surface area contributed by atoms with Crippen LogP contribution in [0.15, 0.2) is 30.5 Å². The fourth-order valence-electron chi connectivity index (χ4n) is 3.73. The highest BCUT2D eigenvalue weighted by atomic mass is 16.6. The number of nitrogens with zero attached hydrogens (tertiary/aromatic N) is 5. The predicted octanol–water partition coefficient (Wildman–Crippen LogP) is 3.24. The molecule has 0 aliphatic carbocycles. The highest BCUT2D eigenvalue weighted by Crippen LogP contribution is 2.27. The van der Waals surface area contributed by atoms with Crippen molar-refractivity contribution in [3.05, 3.63) is 41.6 Å². The average molecular weight is 498 g/mol. The Bertz CT molecular complexity index is 1180. The molecule has 36 heavy (non-hydrogen) atoms. The maximum absolute atomic E-state index is 12.2. The second kappa shape index (κ2) is 11.4. The highest BCUT2D eigenvalue weighted by molar-refractivity contribution is 5.67. The molecule has 2 aromatic heterocycles. The smallest absolute Gasteiger partial charge is 0.409 e. The summed E-state index contributed by atoms with van der Waals surface area (Å²) in [5.74, 6) is 1.58. The minimum absolute atomic E-state index is 0.0624. The Hall–Kier alpha value is -3.60. The summed E-state index contributed by atoms with van der Waals surface area (Å²) in [6.07, 6.45) is 2.36. The molecule has 0 radical (unpaired) electrons. The third kappa shape index (κ3) is 5.78. The van der Waals surface area contributed by atoms with Gasteiger partial charge in [-0.05, 0) is 37.0 Å². The molecule has 2 N–H and O–H groups in total. The van der Waals surface area contributed by atoms with Gasteiger partial charge in [0.1, 0.15) is 18.5 Å². The molecule has 1 aromatic carbocycles. The molecule has 1 aliphatic heterocycles. The van der Waals surface area contributed by atoms with E-state index in [-0.39, 0.29) is 36.8 Å². The minimum atomic E-state index is -0.370. The van der Waals surface area contributed by atoms with Gasteiger partial charge in [0.15, 0.2) is 5.65 Å². The van der Waals surface area contributed by atoms with Crippen molar-refractivity contribution in [2.45, 2.75) is 45.3 Å². The van der Waals surface area contributed by atoms with E-state index in [4.69, 9.17) is 14.2 Å². The van der Waals surface area contributed by atoms with E-state index in [2.05, 4.69) is 39.5 Å². The summed E-state index contributed by atoms with van der Waals surface area (Å²) in [6, 6.07) is 8.01. The second-order valence-corrected chi connectivity index (χ2v) is 9.05. The zero-order valence-corrected chi connectivity index (χ0v) is 21.5. The highest BCUT2D eigenvalue weighted by Gasteiger charge is 2.23. The molecule has 11 heteroatoms. The Kier molecular flexibility index (Phi) is 8.09. The van der Waals surface area contributed by atoms with E-state index < -0.39 is 0 Å². The molecule has 194 valence electrons. The molecule has 1 amide bonds. The van der Waals surface area contributed by atoms with Crippen LogP contribution < -0.4 is 20.1 Å². The van der Waals surface area contributed by atoms with Crippen LogP contribution in [-0.4, -0.2) is 77.1 Å². The summed E-state index contributed by atoms with van der Waals surface area (Å²) in [5, 5.41) is 11.1. The lowest BCUT2D eigenvalue weighted by Crippen LogP contribution is -2.51. The van der Waals surface area contributed by atoms with Gasteiger partial charge in [-0.2, -0.15) is 19.6 Å². The summed E-state index contributed by atoms with van der Waals surface area (Å²) >= 11 is 0. The molecule has 11 nitrogen and oxygen atoms in total. The molecule has 4 rings (SSSR count). The fourth-order valence-corrected chi connectivity index (χ4v) is 3.73. The molecule has 1 fully saturated rings. The first-order chi connectivity index (χ1) is 17.4. The molecule has 0 spiro atoms. The average Bonchev–Trinajstić information content (AvgIpc) is 3.29. The first kappa shape index (κ1) is 25.5. The first-order valence-corrected chi connectivity index (χ1v) is 12.3. The van der Waals surface area contributed by atoms with Crippen molar-refractivity contribution >= 4 is 17.7 Å². The zero-order chi connectivity index (χ0) is 25.7. The number of amides is 1. The predicted molar refractivity (Wildman–Crippen MR) is 136 cm³/mol. The Balaban J connectivity index is 1.52. The summed E-state index contributed by atoms with van der Waals surface area (Å²) in [4.78, 5) is 22.9. The lowest BCUT2D eigenvalue weighted by atomic mass is 10.0. The SMILES string of the molecule is CCC(C)c1cnn2c(N[C@@H](C)c3cccc(OC)c3)nc(OCCN(C)C(=O)OC3CNC3)nc12.